The van der Waals surface area contributed by atoms with Crippen LogP contribution in [-0.4, -0.2) is 22.9 Å². The lowest BCUT2D eigenvalue weighted by Gasteiger charge is -2.17. The van der Waals surface area contributed by atoms with Gasteiger partial charge in [-0.2, -0.15) is 0 Å². The molecule has 1 amide bonds. The van der Waals surface area contributed by atoms with Gasteiger partial charge in [-0.3, -0.25) is 4.79 Å². The Balaban J connectivity index is 1.81. The molecule has 0 aliphatic heterocycles. The van der Waals surface area contributed by atoms with E-state index < -0.39 is 5.82 Å². The number of aromatic nitrogens is 2. The van der Waals surface area contributed by atoms with Gasteiger partial charge in [0, 0.05) is 24.6 Å². The molecule has 1 N–H and O–H groups in total. The molecule has 1 aromatic heterocycles. The number of benzene rings is 2. The fraction of sp³-hybridized carbons (Fsp3) is 0.0556. The summed E-state index contributed by atoms with van der Waals surface area (Å²) < 4.78 is 13.2. The van der Waals surface area contributed by atoms with Crippen LogP contribution in [0.1, 0.15) is 10.5 Å². The Morgan fingerprint density at radius 2 is 1.92 bits per heavy atom. The minimum absolute atomic E-state index is 0.0129. The maximum absolute atomic E-state index is 13.2. The van der Waals surface area contributed by atoms with Crippen molar-refractivity contribution < 1.29 is 9.18 Å². The van der Waals surface area contributed by atoms with E-state index in [0.717, 1.165) is 5.69 Å². The zero-order valence-electron chi connectivity index (χ0n) is 13.3. The molecule has 0 aliphatic rings. The van der Waals surface area contributed by atoms with Crippen molar-refractivity contribution in [2.75, 3.05) is 17.3 Å². The summed E-state index contributed by atoms with van der Waals surface area (Å²) in [5.74, 6) is -0.565. The second-order valence-electron chi connectivity index (χ2n) is 5.22. The van der Waals surface area contributed by atoms with E-state index >= 15 is 0 Å². The summed E-state index contributed by atoms with van der Waals surface area (Å²) >= 11 is 5.75. The molecule has 3 aromatic rings. The van der Waals surface area contributed by atoms with Gasteiger partial charge in [-0.25, -0.2) is 14.4 Å². The molecule has 0 saturated carbocycles. The van der Waals surface area contributed by atoms with Crippen molar-refractivity contribution in [1.82, 2.24) is 9.97 Å². The number of carbonyl (C=O) groups excluding carboxylic acids is 1. The Hall–Kier alpha value is -2.99. The lowest BCUT2D eigenvalue weighted by atomic mass is 10.2. The third-order valence-corrected chi connectivity index (χ3v) is 3.79. The van der Waals surface area contributed by atoms with Crippen molar-refractivity contribution in [3.8, 4) is 0 Å². The van der Waals surface area contributed by atoms with Gasteiger partial charge in [0.15, 0.2) is 0 Å². The van der Waals surface area contributed by atoms with Gasteiger partial charge < -0.3 is 10.2 Å². The first kappa shape index (κ1) is 16.9. The zero-order valence-corrected chi connectivity index (χ0v) is 14.0. The van der Waals surface area contributed by atoms with E-state index in [1.54, 1.807) is 7.05 Å². The van der Waals surface area contributed by atoms with Crippen LogP contribution < -0.4 is 10.2 Å². The summed E-state index contributed by atoms with van der Waals surface area (Å²) in [6.07, 6.45) is 1.48. The van der Waals surface area contributed by atoms with Gasteiger partial charge in [0.1, 0.15) is 11.5 Å². The van der Waals surface area contributed by atoms with E-state index in [2.05, 4.69) is 15.3 Å². The van der Waals surface area contributed by atoms with Crippen LogP contribution in [0.5, 0.6) is 0 Å². The molecule has 0 saturated heterocycles. The minimum Gasteiger partial charge on any atom is -0.324 e. The number of anilines is 3. The second-order valence-corrected chi connectivity index (χ2v) is 5.63. The molecule has 5 nitrogen and oxygen atoms in total. The Labute approximate surface area is 149 Å². The second kappa shape index (κ2) is 7.27. The molecule has 0 atom stereocenters. The van der Waals surface area contributed by atoms with E-state index in [-0.39, 0.29) is 22.6 Å². The maximum atomic E-state index is 13.2. The number of carbonyl (C=O) groups is 1. The first-order valence-electron chi connectivity index (χ1n) is 7.43. The van der Waals surface area contributed by atoms with Crippen molar-refractivity contribution in [1.29, 1.82) is 0 Å². The van der Waals surface area contributed by atoms with E-state index in [1.807, 2.05) is 30.3 Å². The molecule has 0 radical (unpaired) electrons. The molecule has 0 fully saturated rings. The number of hydrogen-bond acceptors (Lipinski definition) is 4. The van der Waals surface area contributed by atoms with Gasteiger partial charge in [0.25, 0.3) is 5.91 Å². The molecule has 3 rings (SSSR count). The molecule has 0 bridgehead atoms. The van der Waals surface area contributed by atoms with Gasteiger partial charge in [0.05, 0.1) is 5.02 Å². The van der Waals surface area contributed by atoms with Gasteiger partial charge in [-0.1, -0.05) is 29.8 Å². The third kappa shape index (κ3) is 3.92. The van der Waals surface area contributed by atoms with Crippen LogP contribution in [0, 0.1) is 5.82 Å². The highest BCUT2D eigenvalue weighted by atomic mass is 35.5. The number of halogens is 2. The molecule has 126 valence electrons. The summed E-state index contributed by atoms with van der Waals surface area (Å²) in [6, 6.07) is 14.9. The predicted octanol–water partition coefficient (Wildman–Crippen LogP) is 4.29. The van der Waals surface area contributed by atoms with Crippen LogP contribution in [0.15, 0.2) is 60.8 Å². The summed E-state index contributed by atoms with van der Waals surface area (Å²) in [7, 11) is 1.67. The first-order chi connectivity index (χ1) is 12.0. The Bertz CT molecular complexity index is 905. The van der Waals surface area contributed by atoms with Crippen LogP contribution in [0.2, 0.25) is 5.02 Å². The number of amides is 1. The smallest absolute Gasteiger partial charge is 0.276 e. The highest BCUT2D eigenvalue weighted by molar-refractivity contribution is 6.31. The standard InChI is InChI=1S/C18H14ClFN4O/c1-24(13-5-3-2-4-6-13)17(25)16-9-10-21-18(23-16)22-12-7-8-15(20)14(19)11-12/h2-11H,1H3,(H,21,22,23). The third-order valence-electron chi connectivity index (χ3n) is 3.50. The molecule has 2 aromatic carbocycles. The number of para-hydroxylation sites is 1. The number of rotatable bonds is 4. The molecule has 1 heterocycles. The monoisotopic (exact) mass is 356 g/mol. The predicted molar refractivity (Wildman–Crippen MR) is 95.9 cm³/mol. The highest BCUT2D eigenvalue weighted by Gasteiger charge is 2.15. The van der Waals surface area contributed by atoms with E-state index in [1.165, 1.54) is 35.4 Å². The SMILES string of the molecule is CN(C(=O)c1ccnc(Nc2ccc(F)c(Cl)c2)n1)c1ccccc1. The first-order valence-corrected chi connectivity index (χ1v) is 7.80. The molecule has 25 heavy (non-hydrogen) atoms. The largest absolute Gasteiger partial charge is 0.324 e. The van der Waals surface area contributed by atoms with Gasteiger partial charge in [-0.15, -0.1) is 0 Å². The fourth-order valence-corrected chi connectivity index (χ4v) is 2.36. The van der Waals surface area contributed by atoms with Crippen LogP contribution >= 0.6 is 11.6 Å². The maximum Gasteiger partial charge on any atom is 0.276 e. The van der Waals surface area contributed by atoms with E-state index in [4.69, 9.17) is 11.6 Å². The Morgan fingerprint density at radius 3 is 2.64 bits per heavy atom. The van der Waals surface area contributed by atoms with Gasteiger partial charge >= 0.3 is 0 Å². The van der Waals surface area contributed by atoms with Crippen molar-refractivity contribution in [2.45, 2.75) is 0 Å². The zero-order chi connectivity index (χ0) is 17.8. The van der Waals surface area contributed by atoms with Crippen LogP contribution in [0.25, 0.3) is 0 Å². The van der Waals surface area contributed by atoms with Crippen molar-refractivity contribution in [3.05, 3.63) is 77.3 Å². The lowest BCUT2D eigenvalue weighted by Crippen LogP contribution is -2.27. The van der Waals surface area contributed by atoms with Crippen LogP contribution in [0.4, 0.5) is 21.7 Å². The summed E-state index contributed by atoms with van der Waals surface area (Å²) in [6.45, 7) is 0. The number of nitrogens with zero attached hydrogens (tertiary/aromatic N) is 3. The molecule has 7 heteroatoms. The quantitative estimate of drug-likeness (QED) is 0.757. The minimum atomic E-state index is -0.512. The van der Waals surface area contributed by atoms with Crippen molar-refractivity contribution in [2.24, 2.45) is 0 Å². The fourth-order valence-electron chi connectivity index (χ4n) is 2.18. The number of hydrogen-bond donors (Lipinski definition) is 1. The Morgan fingerprint density at radius 1 is 1.16 bits per heavy atom. The van der Waals surface area contributed by atoms with Crippen LogP contribution in [-0.2, 0) is 0 Å². The average Bonchev–Trinajstić information content (AvgIpc) is 2.64. The Kier molecular flexibility index (Phi) is 4.90. The van der Waals surface area contributed by atoms with Crippen LogP contribution in [0.3, 0.4) is 0 Å². The molecule has 0 aliphatic carbocycles. The molecule has 0 unspecified atom stereocenters. The summed E-state index contributed by atoms with van der Waals surface area (Å²) in [5, 5.41) is 2.89. The van der Waals surface area contributed by atoms with Gasteiger partial charge in [-0.05, 0) is 36.4 Å². The molecule has 0 spiro atoms. The van der Waals surface area contributed by atoms with Crippen molar-refractivity contribution >= 4 is 34.8 Å². The lowest BCUT2D eigenvalue weighted by molar-refractivity contribution is 0.0988. The average molecular weight is 357 g/mol. The summed E-state index contributed by atoms with van der Waals surface area (Å²) in [5.41, 5.74) is 1.51. The highest BCUT2D eigenvalue weighted by Crippen LogP contribution is 2.21. The van der Waals surface area contributed by atoms with Gasteiger partial charge in [0.2, 0.25) is 5.95 Å². The number of nitrogens with one attached hydrogen (secondary N) is 1. The van der Waals surface area contributed by atoms with E-state index in [0.29, 0.717) is 5.69 Å². The molecular formula is C18H14ClFN4O. The normalized spacial score (nSPS) is 10.4. The van der Waals surface area contributed by atoms with Crippen molar-refractivity contribution in [3.63, 3.8) is 0 Å². The molecular weight excluding hydrogens is 343 g/mol. The topological polar surface area (TPSA) is 58.1 Å². The summed E-state index contributed by atoms with van der Waals surface area (Å²) in [4.78, 5) is 22.4. The van der Waals surface area contributed by atoms with E-state index in [9.17, 15) is 9.18 Å².